The lowest BCUT2D eigenvalue weighted by atomic mass is 9.95. The summed E-state index contributed by atoms with van der Waals surface area (Å²) in [5.74, 6) is -0.364. The maximum absolute atomic E-state index is 11.3. The summed E-state index contributed by atoms with van der Waals surface area (Å²) in [5.41, 5.74) is 4.91. The molecule has 5 nitrogen and oxygen atoms in total. The molecule has 0 bridgehead atoms. The highest BCUT2D eigenvalue weighted by Gasteiger charge is 2.19. The molecule has 0 rings (SSSR count). The molecular weight excluding hydrogens is 208 g/mol. The van der Waals surface area contributed by atoms with Gasteiger partial charge in [-0.3, -0.25) is 4.79 Å². The van der Waals surface area contributed by atoms with Crippen molar-refractivity contribution >= 4 is 12.0 Å². The second-order valence-corrected chi connectivity index (χ2v) is 4.54. The van der Waals surface area contributed by atoms with Gasteiger partial charge in [-0.05, 0) is 5.41 Å². The number of rotatable bonds is 4. The Morgan fingerprint density at radius 3 is 2.38 bits per heavy atom. The number of ether oxygens (including phenoxy) is 1. The van der Waals surface area contributed by atoms with Crippen molar-refractivity contribution in [3.05, 3.63) is 12.2 Å². The molecule has 0 fully saturated rings. The van der Waals surface area contributed by atoms with Crippen LogP contribution in [-0.2, 0) is 9.53 Å². The number of nitrogens with two attached hydrogens (primary N) is 1. The Kier molecular flexibility index (Phi) is 5.56. The Morgan fingerprint density at radius 1 is 1.44 bits per heavy atom. The number of carbonyl (C=O) groups is 2. The van der Waals surface area contributed by atoms with E-state index in [9.17, 15) is 9.59 Å². The second kappa shape index (κ2) is 6.15. The number of nitrogens with one attached hydrogen (secondary N) is 1. The summed E-state index contributed by atoms with van der Waals surface area (Å²) in [6, 6.07) is 0. The summed E-state index contributed by atoms with van der Waals surface area (Å²) in [5, 5.41) is 2.41. The molecular formula is C11H20N2O3. The van der Waals surface area contributed by atoms with Crippen LogP contribution in [0.25, 0.3) is 0 Å². The third kappa shape index (κ3) is 6.86. The average Bonchev–Trinajstić information content (AvgIpc) is 2.12. The first-order valence-electron chi connectivity index (χ1n) is 5.11. The summed E-state index contributed by atoms with van der Waals surface area (Å²) in [6.45, 7) is 6.11. The van der Waals surface area contributed by atoms with E-state index in [4.69, 9.17) is 10.5 Å². The second-order valence-electron chi connectivity index (χ2n) is 4.54. The minimum Gasteiger partial charge on any atom is -0.436 e. The fraction of sp³-hybridized carbons (Fsp3) is 0.636. The molecule has 16 heavy (non-hydrogen) atoms. The molecule has 0 spiro atoms. The van der Waals surface area contributed by atoms with Crippen molar-refractivity contribution in [1.82, 2.24) is 5.32 Å². The molecule has 0 radical (unpaired) electrons. The van der Waals surface area contributed by atoms with Crippen molar-refractivity contribution in [2.24, 2.45) is 11.1 Å². The predicted octanol–water partition coefficient (Wildman–Crippen LogP) is 1.19. The Morgan fingerprint density at radius 2 is 2.00 bits per heavy atom. The summed E-state index contributed by atoms with van der Waals surface area (Å²) in [6.07, 6.45) is 2.27. The maximum Gasteiger partial charge on any atom is 0.405 e. The van der Waals surface area contributed by atoms with Gasteiger partial charge in [-0.25, -0.2) is 4.79 Å². The van der Waals surface area contributed by atoms with E-state index in [1.807, 2.05) is 32.9 Å². The Hall–Kier alpha value is -1.52. The molecule has 0 saturated heterocycles. The topological polar surface area (TPSA) is 81.4 Å². The highest BCUT2D eigenvalue weighted by atomic mass is 16.6. The lowest BCUT2D eigenvalue weighted by Gasteiger charge is -2.15. The zero-order valence-corrected chi connectivity index (χ0v) is 10.2. The van der Waals surface area contributed by atoms with Crippen LogP contribution in [0.15, 0.2) is 12.2 Å². The monoisotopic (exact) mass is 228 g/mol. The van der Waals surface area contributed by atoms with Crippen molar-refractivity contribution in [2.45, 2.75) is 33.3 Å². The van der Waals surface area contributed by atoms with Gasteiger partial charge in [0.2, 0.25) is 0 Å². The molecule has 0 aliphatic heterocycles. The van der Waals surface area contributed by atoms with Gasteiger partial charge in [-0.1, -0.05) is 32.9 Å². The zero-order chi connectivity index (χ0) is 12.8. The lowest BCUT2D eigenvalue weighted by molar-refractivity contribution is -0.128. The number of likely N-dealkylation sites (N-methyl/N-ethyl adjacent to an activating group) is 1. The van der Waals surface area contributed by atoms with Crippen LogP contribution in [0, 0.1) is 5.41 Å². The smallest absolute Gasteiger partial charge is 0.405 e. The molecule has 0 aliphatic rings. The van der Waals surface area contributed by atoms with Gasteiger partial charge in [0.15, 0.2) is 6.10 Å². The third-order valence-corrected chi connectivity index (χ3v) is 1.77. The Balaban J connectivity index is 4.38. The van der Waals surface area contributed by atoms with Crippen molar-refractivity contribution in [1.29, 1.82) is 0 Å². The molecule has 0 aromatic heterocycles. The zero-order valence-electron chi connectivity index (χ0n) is 10.2. The number of hydrogen-bond donors (Lipinski definition) is 2. The molecule has 1 atom stereocenters. The van der Waals surface area contributed by atoms with Crippen LogP contribution in [0.5, 0.6) is 0 Å². The van der Waals surface area contributed by atoms with Gasteiger partial charge in [-0.15, -0.1) is 0 Å². The van der Waals surface area contributed by atoms with Gasteiger partial charge < -0.3 is 15.8 Å². The molecule has 5 heteroatoms. The van der Waals surface area contributed by atoms with Crippen molar-refractivity contribution in [3.63, 3.8) is 0 Å². The van der Waals surface area contributed by atoms with Gasteiger partial charge in [0, 0.05) is 13.5 Å². The number of carbonyl (C=O) groups excluding carboxylic acids is 2. The molecule has 2 amide bonds. The standard InChI is InChI=1S/C11H20N2O3/c1-11(2,3)7-5-6-8(9(14)13-4)16-10(12)15/h5,7-8H,6H2,1-4H3,(H2,12,15)(H,13,14)/b7-5+. The van der Waals surface area contributed by atoms with E-state index in [0.29, 0.717) is 6.42 Å². The fourth-order valence-electron chi connectivity index (χ4n) is 1.06. The van der Waals surface area contributed by atoms with Crippen LogP contribution >= 0.6 is 0 Å². The van der Waals surface area contributed by atoms with E-state index in [-0.39, 0.29) is 11.3 Å². The van der Waals surface area contributed by atoms with E-state index in [0.717, 1.165) is 0 Å². The minimum absolute atomic E-state index is 0.0277. The molecule has 0 aromatic rings. The lowest BCUT2D eigenvalue weighted by Crippen LogP contribution is -2.36. The Labute approximate surface area is 96.0 Å². The molecule has 0 heterocycles. The summed E-state index contributed by atoms with van der Waals surface area (Å²) in [7, 11) is 1.48. The summed E-state index contributed by atoms with van der Waals surface area (Å²) in [4.78, 5) is 21.9. The van der Waals surface area contributed by atoms with Crippen molar-refractivity contribution < 1.29 is 14.3 Å². The highest BCUT2D eigenvalue weighted by Crippen LogP contribution is 2.15. The van der Waals surface area contributed by atoms with Crippen LogP contribution in [0.2, 0.25) is 0 Å². The maximum atomic E-state index is 11.3. The number of primary amides is 1. The highest BCUT2D eigenvalue weighted by molar-refractivity contribution is 5.83. The van der Waals surface area contributed by atoms with E-state index >= 15 is 0 Å². The van der Waals surface area contributed by atoms with Gasteiger partial charge in [0.05, 0.1) is 0 Å². The molecule has 92 valence electrons. The third-order valence-electron chi connectivity index (χ3n) is 1.77. The average molecular weight is 228 g/mol. The van der Waals surface area contributed by atoms with Crippen LogP contribution in [0.1, 0.15) is 27.2 Å². The Bertz CT molecular complexity index is 279. The first kappa shape index (κ1) is 14.5. The van der Waals surface area contributed by atoms with E-state index in [1.165, 1.54) is 7.05 Å². The predicted molar refractivity (Wildman–Crippen MR) is 61.7 cm³/mol. The van der Waals surface area contributed by atoms with Crippen LogP contribution in [0.3, 0.4) is 0 Å². The van der Waals surface area contributed by atoms with Crippen LogP contribution < -0.4 is 11.1 Å². The quantitative estimate of drug-likeness (QED) is 0.709. The molecule has 0 aliphatic carbocycles. The minimum atomic E-state index is -0.947. The first-order chi connectivity index (χ1) is 7.26. The summed E-state index contributed by atoms with van der Waals surface area (Å²) >= 11 is 0. The van der Waals surface area contributed by atoms with Gasteiger partial charge in [0.25, 0.3) is 5.91 Å². The summed E-state index contributed by atoms with van der Waals surface area (Å²) < 4.78 is 4.69. The number of allylic oxidation sites excluding steroid dienone is 1. The molecule has 1 unspecified atom stereocenters. The number of amides is 2. The van der Waals surface area contributed by atoms with Gasteiger partial charge in [-0.2, -0.15) is 0 Å². The van der Waals surface area contributed by atoms with Crippen molar-refractivity contribution in [2.75, 3.05) is 7.05 Å². The van der Waals surface area contributed by atoms with E-state index < -0.39 is 12.2 Å². The van der Waals surface area contributed by atoms with Gasteiger partial charge in [0.1, 0.15) is 0 Å². The molecule has 0 saturated carbocycles. The normalized spacial score (nSPS) is 13.5. The largest absolute Gasteiger partial charge is 0.436 e. The van der Waals surface area contributed by atoms with Crippen molar-refractivity contribution in [3.8, 4) is 0 Å². The molecule has 3 N–H and O–H groups in total. The SMILES string of the molecule is CNC(=O)C(C/C=C/C(C)(C)C)OC(N)=O. The number of hydrogen-bond acceptors (Lipinski definition) is 3. The van der Waals surface area contributed by atoms with E-state index in [1.54, 1.807) is 0 Å². The first-order valence-corrected chi connectivity index (χ1v) is 5.11. The van der Waals surface area contributed by atoms with E-state index in [2.05, 4.69) is 5.32 Å². The van der Waals surface area contributed by atoms with Crippen LogP contribution in [-0.4, -0.2) is 25.2 Å². The fourth-order valence-corrected chi connectivity index (χ4v) is 1.06. The van der Waals surface area contributed by atoms with Crippen LogP contribution in [0.4, 0.5) is 4.79 Å². The molecule has 0 aromatic carbocycles. The van der Waals surface area contributed by atoms with Gasteiger partial charge >= 0.3 is 6.09 Å².